The first-order valence-electron chi connectivity index (χ1n) is 3.52. The zero-order valence-electron chi connectivity index (χ0n) is 6.40. The molecule has 0 saturated carbocycles. The molecule has 0 N–H and O–H groups in total. The molecule has 2 aromatic rings. The van der Waals surface area contributed by atoms with Crippen LogP contribution in [0.15, 0.2) is 27.1 Å². The third-order valence-corrected chi connectivity index (χ3v) is 2.97. The lowest BCUT2D eigenvalue weighted by Gasteiger charge is -1.94. The van der Waals surface area contributed by atoms with E-state index >= 15 is 0 Å². The highest BCUT2D eigenvalue weighted by Gasteiger charge is 2.07. The molecular formula is C9H6BrClO. The van der Waals surface area contributed by atoms with Crippen LogP contribution in [-0.4, -0.2) is 0 Å². The van der Waals surface area contributed by atoms with E-state index in [0.717, 1.165) is 21.2 Å². The van der Waals surface area contributed by atoms with Crippen LogP contribution in [0.3, 0.4) is 0 Å². The van der Waals surface area contributed by atoms with Crippen LogP contribution in [0, 0.1) is 6.92 Å². The maximum atomic E-state index is 6.00. The molecule has 3 heteroatoms. The first kappa shape index (κ1) is 8.14. The maximum Gasteiger partial charge on any atom is 0.153 e. The Kier molecular flexibility index (Phi) is 1.89. The Morgan fingerprint density at radius 3 is 2.92 bits per heavy atom. The van der Waals surface area contributed by atoms with Crippen molar-refractivity contribution in [2.24, 2.45) is 0 Å². The number of hydrogen-bond acceptors (Lipinski definition) is 1. The van der Waals surface area contributed by atoms with E-state index in [1.54, 1.807) is 0 Å². The molecule has 0 aliphatic heterocycles. The second-order valence-electron chi connectivity index (χ2n) is 2.64. The summed E-state index contributed by atoms with van der Waals surface area (Å²) in [4.78, 5) is 0. The fourth-order valence-corrected chi connectivity index (χ4v) is 1.70. The van der Waals surface area contributed by atoms with Gasteiger partial charge in [0.05, 0.1) is 5.02 Å². The van der Waals surface area contributed by atoms with E-state index in [1.807, 2.05) is 25.1 Å². The summed E-state index contributed by atoms with van der Waals surface area (Å²) in [6.07, 6.45) is 0. The van der Waals surface area contributed by atoms with Gasteiger partial charge in [-0.15, -0.1) is 0 Å². The smallest absolute Gasteiger partial charge is 0.153 e. The molecule has 0 aliphatic carbocycles. The van der Waals surface area contributed by atoms with E-state index in [0.29, 0.717) is 5.02 Å². The van der Waals surface area contributed by atoms with Crippen molar-refractivity contribution >= 4 is 38.5 Å². The molecule has 0 spiro atoms. The second kappa shape index (κ2) is 2.79. The van der Waals surface area contributed by atoms with Gasteiger partial charge < -0.3 is 4.42 Å². The molecule has 12 heavy (non-hydrogen) atoms. The predicted molar refractivity (Wildman–Crippen MR) is 53.7 cm³/mol. The fraction of sp³-hybridized carbons (Fsp3) is 0.111. The normalized spacial score (nSPS) is 10.9. The van der Waals surface area contributed by atoms with Gasteiger partial charge in [-0.1, -0.05) is 11.6 Å². The van der Waals surface area contributed by atoms with Crippen LogP contribution in [0.5, 0.6) is 0 Å². The molecule has 0 bridgehead atoms. The SMILES string of the molecule is Cc1cc2ccc(Br)c(Cl)c2o1. The molecule has 0 radical (unpaired) electrons. The summed E-state index contributed by atoms with van der Waals surface area (Å²) in [5, 5.41) is 1.68. The second-order valence-corrected chi connectivity index (χ2v) is 3.87. The van der Waals surface area contributed by atoms with Gasteiger partial charge in [-0.2, -0.15) is 0 Å². The van der Waals surface area contributed by atoms with Crippen LogP contribution in [0.4, 0.5) is 0 Å². The number of aryl methyl sites for hydroxylation is 1. The first-order chi connectivity index (χ1) is 5.68. The number of hydrogen-bond donors (Lipinski definition) is 0. The lowest BCUT2D eigenvalue weighted by Crippen LogP contribution is -1.68. The molecule has 0 saturated heterocycles. The Morgan fingerprint density at radius 2 is 2.17 bits per heavy atom. The van der Waals surface area contributed by atoms with Crippen LogP contribution in [0.25, 0.3) is 11.0 Å². The van der Waals surface area contributed by atoms with E-state index in [1.165, 1.54) is 0 Å². The minimum absolute atomic E-state index is 0.639. The summed E-state index contributed by atoms with van der Waals surface area (Å²) in [7, 11) is 0. The minimum atomic E-state index is 0.639. The monoisotopic (exact) mass is 244 g/mol. The van der Waals surface area contributed by atoms with Gasteiger partial charge >= 0.3 is 0 Å². The standard InChI is InChI=1S/C9H6BrClO/c1-5-4-6-2-3-7(10)8(11)9(6)12-5/h2-4H,1H3. The lowest BCUT2D eigenvalue weighted by atomic mass is 10.2. The molecule has 0 unspecified atom stereocenters. The maximum absolute atomic E-state index is 6.00. The highest BCUT2D eigenvalue weighted by molar-refractivity contribution is 9.10. The molecule has 1 aromatic carbocycles. The predicted octanol–water partition coefficient (Wildman–Crippen LogP) is 4.16. The van der Waals surface area contributed by atoms with Gasteiger partial charge in [0.15, 0.2) is 5.58 Å². The largest absolute Gasteiger partial charge is 0.460 e. The van der Waals surface area contributed by atoms with Gasteiger partial charge in [-0.25, -0.2) is 0 Å². The Bertz CT molecular complexity index is 433. The molecule has 0 aliphatic rings. The van der Waals surface area contributed by atoms with Gasteiger partial charge in [0.25, 0.3) is 0 Å². The topological polar surface area (TPSA) is 13.1 Å². The van der Waals surface area contributed by atoms with Crippen molar-refractivity contribution in [1.82, 2.24) is 0 Å². The summed E-state index contributed by atoms with van der Waals surface area (Å²) in [5.41, 5.74) is 0.753. The summed E-state index contributed by atoms with van der Waals surface area (Å²) in [6, 6.07) is 5.86. The molecule has 0 amide bonds. The number of benzene rings is 1. The van der Waals surface area contributed by atoms with Crippen LogP contribution < -0.4 is 0 Å². The van der Waals surface area contributed by atoms with Gasteiger partial charge in [-0.3, -0.25) is 0 Å². The highest BCUT2D eigenvalue weighted by atomic mass is 79.9. The van der Waals surface area contributed by atoms with E-state index in [2.05, 4.69) is 15.9 Å². The molecule has 0 fully saturated rings. The summed E-state index contributed by atoms with van der Waals surface area (Å²) in [5.74, 6) is 0.880. The average Bonchev–Trinajstić information content (AvgIpc) is 2.39. The van der Waals surface area contributed by atoms with Crippen molar-refractivity contribution in [2.45, 2.75) is 6.92 Å². The zero-order valence-corrected chi connectivity index (χ0v) is 8.74. The molecule has 0 atom stereocenters. The number of fused-ring (bicyclic) bond motifs is 1. The minimum Gasteiger partial charge on any atom is -0.460 e. The van der Waals surface area contributed by atoms with Crippen molar-refractivity contribution in [3.05, 3.63) is 33.5 Å². The Morgan fingerprint density at radius 1 is 1.42 bits per heavy atom. The third kappa shape index (κ3) is 1.15. The summed E-state index contributed by atoms with van der Waals surface area (Å²) in [6.45, 7) is 1.91. The van der Waals surface area contributed by atoms with Gasteiger partial charge in [0, 0.05) is 9.86 Å². The molecule has 1 heterocycles. The number of halogens is 2. The molecular weight excluding hydrogens is 239 g/mol. The van der Waals surface area contributed by atoms with Crippen molar-refractivity contribution in [3.8, 4) is 0 Å². The van der Waals surface area contributed by atoms with E-state index < -0.39 is 0 Å². The fourth-order valence-electron chi connectivity index (χ4n) is 1.17. The lowest BCUT2D eigenvalue weighted by molar-refractivity contribution is 0.578. The van der Waals surface area contributed by atoms with Crippen LogP contribution in [-0.2, 0) is 0 Å². The Balaban J connectivity index is 2.89. The molecule has 1 aromatic heterocycles. The van der Waals surface area contributed by atoms with Crippen LogP contribution in [0.1, 0.15) is 5.76 Å². The first-order valence-corrected chi connectivity index (χ1v) is 4.70. The summed E-state index contributed by atoms with van der Waals surface area (Å²) < 4.78 is 6.28. The molecule has 1 nitrogen and oxygen atoms in total. The van der Waals surface area contributed by atoms with Crippen LogP contribution >= 0.6 is 27.5 Å². The van der Waals surface area contributed by atoms with E-state index in [9.17, 15) is 0 Å². The Hall–Kier alpha value is -0.470. The van der Waals surface area contributed by atoms with E-state index in [-0.39, 0.29) is 0 Å². The average molecular weight is 246 g/mol. The molecule has 2 rings (SSSR count). The number of furan rings is 1. The quantitative estimate of drug-likeness (QED) is 0.679. The van der Waals surface area contributed by atoms with Crippen molar-refractivity contribution in [2.75, 3.05) is 0 Å². The highest BCUT2D eigenvalue weighted by Crippen LogP contribution is 2.32. The van der Waals surface area contributed by atoms with Crippen molar-refractivity contribution < 1.29 is 4.42 Å². The Labute approximate surface area is 83.4 Å². The van der Waals surface area contributed by atoms with Crippen molar-refractivity contribution in [1.29, 1.82) is 0 Å². The molecule has 62 valence electrons. The zero-order chi connectivity index (χ0) is 8.72. The third-order valence-electron chi connectivity index (χ3n) is 1.70. The van der Waals surface area contributed by atoms with Gasteiger partial charge in [0.1, 0.15) is 5.76 Å². The van der Waals surface area contributed by atoms with E-state index in [4.69, 9.17) is 16.0 Å². The van der Waals surface area contributed by atoms with Crippen LogP contribution in [0.2, 0.25) is 5.02 Å². The van der Waals surface area contributed by atoms with Gasteiger partial charge in [-0.05, 0) is 41.1 Å². The summed E-state index contributed by atoms with van der Waals surface area (Å²) >= 11 is 9.33. The van der Waals surface area contributed by atoms with Crippen molar-refractivity contribution in [3.63, 3.8) is 0 Å². The number of rotatable bonds is 0. The van der Waals surface area contributed by atoms with Gasteiger partial charge in [0.2, 0.25) is 0 Å².